The average Bonchev–Trinajstić information content (AvgIpc) is 2.64. The molecular weight excluding hydrogens is 256 g/mol. The number of hydrogen-bond donors (Lipinski definition) is 0. The van der Waals surface area contributed by atoms with Gasteiger partial charge >= 0.3 is 0 Å². The summed E-state index contributed by atoms with van der Waals surface area (Å²) < 4.78 is 0. The van der Waals surface area contributed by atoms with Gasteiger partial charge in [0.1, 0.15) is 0 Å². The Bertz CT molecular complexity index is 519. The molecule has 0 nitrogen and oxygen atoms in total. The molecule has 0 aliphatic carbocycles. The second-order valence-electron chi connectivity index (χ2n) is 7.22. The number of fused-ring (bicyclic) bond motifs is 1. The largest absolute Gasteiger partial charge is 0.145 e. The van der Waals surface area contributed by atoms with E-state index in [9.17, 15) is 0 Å². The highest BCUT2D eigenvalue weighted by atomic mass is 32.1. The summed E-state index contributed by atoms with van der Waals surface area (Å²) in [6.45, 7) is 18.5. The zero-order valence-electron chi connectivity index (χ0n) is 12.8. The van der Waals surface area contributed by atoms with Crippen molar-refractivity contribution >= 4 is 32.0 Å². The molecule has 2 heterocycles. The van der Waals surface area contributed by atoms with Crippen LogP contribution in [0.1, 0.15) is 62.4 Å². The Hall–Kier alpha value is -0.340. The fraction of sp³-hybridized carbons (Fsp3) is 0.625. The molecule has 0 amide bonds. The van der Waals surface area contributed by atoms with Gasteiger partial charge < -0.3 is 0 Å². The molecule has 100 valence electrons. The number of thiophene rings is 1. The normalized spacial score (nSPS) is 16.0. The third kappa shape index (κ3) is 2.14. The summed E-state index contributed by atoms with van der Waals surface area (Å²) in [6.07, 6.45) is 0. The first-order valence-corrected chi connectivity index (χ1v) is 8.20. The molecule has 0 N–H and O–H groups in total. The molecule has 1 aliphatic heterocycles. The van der Waals surface area contributed by atoms with E-state index in [2.05, 4.69) is 55.4 Å². The summed E-state index contributed by atoms with van der Waals surface area (Å²) in [6, 6.07) is 0. The molecule has 0 radical (unpaired) electrons. The van der Waals surface area contributed by atoms with Gasteiger partial charge in [0.15, 0.2) is 0 Å². The van der Waals surface area contributed by atoms with Gasteiger partial charge in [-0.05, 0) is 24.7 Å². The monoisotopic (exact) mass is 280 g/mol. The van der Waals surface area contributed by atoms with Gasteiger partial charge in [0, 0.05) is 30.6 Å². The topological polar surface area (TPSA) is 0 Å². The fourth-order valence-corrected chi connectivity index (χ4v) is 5.22. The molecule has 0 saturated carbocycles. The first kappa shape index (κ1) is 14.1. The highest BCUT2D eigenvalue weighted by Gasteiger charge is 2.34. The van der Waals surface area contributed by atoms with Crippen LogP contribution in [-0.4, -0.2) is 9.73 Å². The van der Waals surface area contributed by atoms with Crippen LogP contribution in [0.25, 0.3) is 0 Å². The first-order chi connectivity index (χ1) is 8.03. The van der Waals surface area contributed by atoms with Gasteiger partial charge in [-0.3, -0.25) is 0 Å². The van der Waals surface area contributed by atoms with E-state index < -0.39 is 0 Å². The minimum absolute atomic E-state index is 0.241. The van der Waals surface area contributed by atoms with Crippen LogP contribution in [0.2, 0.25) is 0 Å². The molecule has 0 bridgehead atoms. The Morgan fingerprint density at radius 1 is 0.667 bits per heavy atom. The maximum atomic E-state index is 2.33. The Kier molecular flexibility index (Phi) is 3.19. The predicted molar refractivity (Wildman–Crippen MR) is 88.5 cm³/mol. The predicted octanol–water partition coefficient (Wildman–Crippen LogP) is 5.24. The maximum Gasteiger partial charge on any atom is 0.0192 e. The van der Waals surface area contributed by atoms with Crippen molar-refractivity contribution < 1.29 is 0 Å². The highest BCUT2D eigenvalue weighted by molar-refractivity contribution is 7.99. The molecule has 1 aliphatic rings. The third-order valence-corrected chi connectivity index (χ3v) is 6.34. The van der Waals surface area contributed by atoms with Crippen LogP contribution in [0.3, 0.4) is 0 Å². The zero-order valence-corrected chi connectivity index (χ0v) is 14.4. The molecule has 2 heteroatoms. The Balaban J connectivity index is 2.79. The third-order valence-electron chi connectivity index (χ3n) is 3.28. The molecule has 1 aromatic rings. The van der Waals surface area contributed by atoms with E-state index in [1.165, 1.54) is 9.75 Å². The van der Waals surface area contributed by atoms with Crippen molar-refractivity contribution in [2.75, 3.05) is 0 Å². The number of hydrogen-bond acceptors (Lipinski definition) is 1. The molecule has 18 heavy (non-hydrogen) atoms. The van der Waals surface area contributed by atoms with E-state index in [1.807, 2.05) is 22.3 Å². The van der Waals surface area contributed by atoms with Crippen molar-refractivity contribution in [2.45, 2.75) is 55.4 Å². The second-order valence-corrected chi connectivity index (χ2v) is 9.67. The standard InChI is InChI=1S/C16H24S2/c1-9-11-12(10(2)17-9)14(16(6,7)8)18-13(11)15(3,4)5/h1-8H3. The van der Waals surface area contributed by atoms with Crippen molar-refractivity contribution in [2.24, 2.45) is 10.8 Å². The van der Waals surface area contributed by atoms with Crippen LogP contribution in [0.4, 0.5) is 0 Å². The molecule has 0 unspecified atom stereocenters. The van der Waals surface area contributed by atoms with Crippen LogP contribution < -0.4 is 0 Å². The average molecular weight is 281 g/mol. The lowest BCUT2D eigenvalue weighted by Gasteiger charge is -2.20. The minimum Gasteiger partial charge on any atom is -0.145 e. The number of aryl methyl sites for hydroxylation is 2. The lowest BCUT2D eigenvalue weighted by Crippen LogP contribution is -2.20. The molecule has 0 aromatic carbocycles. The van der Waals surface area contributed by atoms with Crippen molar-refractivity contribution in [1.82, 2.24) is 0 Å². The molecule has 0 spiro atoms. The summed E-state index contributed by atoms with van der Waals surface area (Å²) in [5.41, 5.74) is 3.56. The van der Waals surface area contributed by atoms with Crippen LogP contribution >= 0.6 is 22.3 Å². The lowest BCUT2D eigenvalue weighted by atomic mass is 9.81. The van der Waals surface area contributed by atoms with Crippen molar-refractivity contribution in [3.8, 4) is 0 Å². The second kappa shape index (κ2) is 4.08. The molecule has 0 saturated heterocycles. The van der Waals surface area contributed by atoms with Crippen LogP contribution in [-0.2, 0) is 0 Å². The van der Waals surface area contributed by atoms with Crippen molar-refractivity contribution in [1.29, 1.82) is 0 Å². The van der Waals surface area contributed by atoms with E-state index in [1.54, 1.807) is 20.9 Å². The van der Waals surface area contributed by atoms with Crippen LogP contribution in [0, 0.1) is 24.7 Å². The van der Waals surface area contributed by atoms with Gasteiger partial charge in [-0.15, -0.1) is 22.3 Å². The van der Waals surface area contributed by atoms with Crippen molar-refractivity contribution in [3.63, 3.8) is 0 Å². The van der Waals surface area contributed by atoms with Gasteiger partial charge in [-0.1, -0.05) is 41.5 Å². The Morgan fingerprint density at radius 2 is 1.00 bits per heavy atom. The summed E-state index contributed by atoms with van der Waals surface area (Å²) >= 11 is 1.96. The lowest BCUT2D eigenvalue weighted by molar-refractivity contribution is 0.599. The Labute approximate surface area is 119 Å². The minimum atomic E-state index is 0.241. The smallest absolute Gasteiger partial charge is 0.0192 e. The molecule has 0 atom stereocenters. The highest BCUT2D eigenvalue weighted by Crippen LogP contribution is 2.42. The van der Waals surface area contributed by atoms with Gasteiger partial charge in [-0.2, -0.15) is 0 Å². The van der Waals surface area contributed by atoms with E-state index in [0.29, 0.717) is 0 Å². The van der Waals surface area contributed by atoms with E-state index >= 15 is 0 Å². The van der Waals surface area contributed by atoms with E-state index in [4.69, 9.17) is 0 Å². The van der Waals surface area contributed by atoms with Gasteiger partial charge in [0.05, 0.1) is 0 Å². The molecule has 0 fully saturated rings. The van der Waals surface area contributed by atoms with Crippen LogP contribution in [0.5, 0.6) is 0 Å². The summed E-state index contributed by atoms with van der Waals surface area (Å²) in [5, 5.41) is 0. The van der Waals surface area contributed by atoms with Crippen molar-refractivity contribution in [3.05, 3.63) is 20.9 Å². The Morgan fingerprint density at radius 3 is 1.28 bits per heavy atom. The summed E-state index contributed by atoms with van der Waals surface area (Å²) in [4.78, 5) is 6.09. The quantitative estimate of drug-likeness (QED) is 0.570. The summed E-state index contributed by atoms with van der Waals surface area (Å²) in [5.74, 6) is 0. The summed E-state index contributed by atoms with van der Waals surface area (Å²) in [7, 11) is 2.03. The van der Waals surface area contributed by atoms with E-state index in [0.717, 1.165) is 0 Å². The molecule has 2 rings (SSSR count). The maximum absolute atomic E-state index is 2.33. The SMILES string of the molecule is Cc1sc(C)c2c1C(C(C)(C)C)=S=C2C(C)(C)C. The zero-order chi connectivity index (χ0) is 13.9. The van der Waals surface area contributed by atoms with Gasteiger partial charge in [0.2, 0.25) is 0 Å². The van der Waals surface area contributed by atoms with Crippen LogP contribution in [0.15, 0.2) is 0 Å². The fourth-order valence-electron chi connectivity index (χ4n) is 2.49. The molecule has 1 aromatic heterocycles. The van der Waals surface area contributed by atoms with Gasteiger partial charge in [-0.25, -0.2) is 0 Å². The molecular formula is C16H24S2. The van der Waals surface area contributed by atoms with Gasteiger partial charge in [0.25, 0.3) is 0 Å². The van der Waals surface area contributed by atoms with E-state index in [-0.39, 0.29) is 10.8 Å². The first-order valence-electron chi connectivity index (χ1n) is 6.57. The number of rotatable bonds is 0.